The third-order valence-electron chi connectivity index (χ3n) is 3.19. The SMILES string of the molecule is Cc1c(Cl)cccc1N1CCN(CC(N)=O)C(=O)C1=O. The van der Waals surface area contributed by atoms with Gasteiger partial charge in [0.05, 0.1) is 6.54 Å². The van der Waals surface area contributed by atoms with Gasteiger partial charge in [-0.15, -0.1) is 0 Å². The van der Waals surface area contributed by atoms with E-state index < -0.39 is 17.7 Å². The van der Waals surface area contributed by atoms with Gasteiger partial charge in [0, 0.05) is 23.8 Å². The minimum Gasteiger partial charge on any atom is -0.368 e. The highest BCUT2D eigenvalue weighted by Gasteiger charge is 2.34. The topological polar surface area (TPSA) is 83.7 Å². The van der Waals surface area contributed by atoms with Crippen molar-refractivity contribution < 1.29 is 14.4 Å². The second-order valence-electron chi connectivity index (χ2n) is 4.53. The second kappa shape index (κ2) is 5.50. The summed E-state index contributed by atoms with van der Waals surface area (Å²) in [5.74, 6) is -2.05. The van der Waals surface area contributed by atoms with Gasteiger partial charge in [0.15, 0.2) is 0 Å². The van der Waals surface area contributed by atoms with E-state index in [1.54, 1.807) is 25.1 Å². The molecule has 0 bridgehead atoms. The molecule has 1 aliphatic rings. The normalized spacial score (nSPS) is 15.7. The number of hydrogen-bond donors (Lipinski definition) is 1. The Hall–Kier alpha value is -2.08. The first-order valence-corrected chi connectivity index (χ1v) is 6.44. The lowest BCUT2D eigenvalue weighted by Gasteiger charge is -2.33. The van der Waals surface area contributed by atoms with Crippen molar-refractivity contribution in [3.63, 3.8) is 0 Å². The van der Waals surface area contributed by atoms with Crippen LogP contribution in [0.1, 0.15) is 5.56 Å². The summed E-state index contributed by atoms with van der Waals surface area (Å²) in [6, 6.07) is 5.17. The molecule has 2 rings (SSSR count). The number of halogens is 1. The van der Waals surface area contributed by atoms with Crippen LogP contribution in [0.3, 0.4) is 0 Å². The number of rotatable bonds is 3. The molecule has 1 aromatic rings. The Bertz CT molecular complexity index is 588. The molecule has 1 heterocycles. The summed E-state index contributed by atoms with van der Waals surface area (Å²) >= 11 is 6.02. The van der Waals surface area contributed by atoms with Crippen LogP contribution in [-0.4, -0.2) is 42.3 Å². The summed E-state index contributed by atoms with van der Waals surface area (Å²) in [6.07, 6.45) is 0. The fourth-order valence-electron chi connectivity index (χ4n) is 2.13. The minimum absolute atomic E-state index is 0.243. The molecule has 1 saturated heterocycles. The Morgan fingerprint density at radius 2 is 2.00 bits per heavy atom. The zero-order chi connectivity index (χ0) is 14.9. The van der Waals surface area contributed by atoms with E-state index in [0.717, 1.165) is 10.5 Å². The monoisotopic (exact) mass is 295 g/mol. The van der Waals surface area contributed by atoms with Crippen molar-refractivity contribution >= 4 is 35.0 Å². The van der Waals surface area contributed by atoms with Gasteiger partial charge >= 0.3 is 11.8 Å². The maximum atomic E-state index is 12.1. The van der Waals surface area contributed by atoms with Crippen molar-refractivity contribution in [3.05, 3.63) is 28.8 Å². The van der Waals surface area contributed by atoms with Crippen LogP contribution in [-0.2, 0) is 14.4 Å². The van der Waals surface area contributed by atoms with Crippen LogP contribution < -0.4 is 10.6 Å². The molecule has 0 saturated carbocycles. The van der Waals surface area contributed by atoms with Crippen LogP contribution in [0.4, 0.5) is 5.69 Å². The zero-order valence-electron chi connectivity index (χ0n) is 10.9. The maximum absolute atomic E-state index is 12.1. The number of nitrogens with zero attached hydrogens (tertiary/aromatic N) is 2. The Balaban J connectivity index is 2.25. The summed E-state index contributed by atoms with van der Waals surface area (Å²) in [5, 5.41) is 0.530. The van der Waals surface area contributed by atoms with Crippen LogP contribution in [0.15, 0.2) is 18.2 Å². The van der Waals surface area contributed by atoms with Gasteiger partial charge in [0.2, 0.25) is 5.91 Å². The fraction of sp³-hybridized carbons (Fsp3) is 0.308. The van der Waals surface area contributed by atoms with Crippen molar-refractivity contribution in [2.75, 3.05) is 24.5 Å². The van der Waals surface area contributed by atoms with Crippen molar-refractivity contribution in [2.24, 2.45) is 5.73 Å². The Morgan fingerprint density at radius 3 is 2.65 bits per heavy atom. The van der Waals surface area contributed by atoms with Gasteiger partial charge in [0.25, 0.3) is 0 Å². The highest BCUT2D eigenvalue weighted by atomic mass is 35.5. The van der Waals surface area contributed by atoms with Gasteiger partial charge in [-0.25, -0.2) is 0 Å². The van der Waals surface area contributed by atoms with E-state index in [9.17, 15) is 14.4 Å². The highest BCUT2D eigenvalue weighted by molar-refractivity contribution is 6.41. The van der Waals surface area contributed by atoms with E-state index in [4.69, 9.17) is 17.3 Å². The summed E-state index contributed by atoms with van der Waals surface area (Å²) < 4.78 is 0. The standard InChI is InChI=1S/C13H14ClN3O3/c1-8-9(14)3-2-4-10(8)17-6-5-16(7-11(15)18)12(19)13(17)20/h2-4H,5-7H2,1H3,(H2,15,18). The molecule has 1 aliphatic heterocycles. The van der Waals surface area contributed by atoms with Crippen molar-refractivity contribution in [1.29, 1.82) is 0 Å². The summed E-state index contributed by atoms with van der Waals surface area (Å²) in [5.41, 5.74) is 6.39. The van der Waals surface area contributed by atoms with Gasteiger partial charge in [-0.05, 0) is 24.6 Å². The molecular formula is C13H14ClN3O3. The van der Waals surface area contributed by atoms with Gasteiger partial charge in [-0.1, -0.05) is 17.7 Å². The molecular weight excluding hydrogens is 282 g/mol. The van der Waals surface area contributed by atoms with Crippen molar-refractivity contribution in [3.8, 4) is 0 Å². The third-order valence-corrected chi connectivity index (χ3v) is 3.59. The maximum Gasteiger partial charge on any atom is 0.316 e. The Kier molecular flexibility index (Phi) is 3.94. The van der Waals surface area contributed by atoms with Gasteiger partial charge < -0.3 is 15.5 Å². The van der Waals surface area contributed by atoms with E-state index in [0.29, 0.717) is 17.3 Å². The van der Waals surface area contributed by atoms with E-state index in [1.165, 1.54) is 4.90 Å². The average molecular weight is 296 g/mol. The predicted molar refractivity (Wildman–Crippen MR) is 74.3 cm³/mol. The summed E-state index contributed by atoms with van der Waals surface area (Å²) in [7, 11) is 0. The van der Waals surface area contributed by atoms with Gasteiger partial charge in [-0.2, -0.15) is 0 Å². The first-order valence-electron chi connectivity index (χ1n) is 6.06. The van der Waals surface area contributed by atoms with Crippen LogP contribution in [0.5, 0.6) is 0 Å². The fourth-order valence-corrected chi connectivity index (χ4v) is 2.30. The summed E-state index contributed by atoms with van der Waals surface area (Å²) in [6.45, 7) is 2.11. The highest BCUT2D eigenvalue weighted by Crippen LogP contribution is 2.27. The first-order chi connectivity index (χ1) is 9.41. The third kappa shape index (κ3) is 2.60. The summed E-state index contributed by atoms with van der Waals surface area (Å²) in [4.78, 5) is 37.4. The van der Waals surface area contributed by atoms with Crippen LogP contribution in [0.2, 0.25) is 5.02 Å². The molecule has 0 atom stereocenters. The molecule has 1 fully saturated rings. The van der Waals surface area contributed by atoms with Crippen molar-refractivity contribution in [2.45, 2.75) is 6.92 Å². The van der Waals surface area contributed by atoms with E-state index in [1.807, 2.05) is 0 Å². The smallest absolute Gasteiger partial charge is 0.316 e. The molecule has 2 N–H and O–H groups in total. The molecule has 0 spiro atoms. The van der Waals surface area contributed by atoms with Crippen molar-refractivity contribution in [1.82, 2.24) is 4.90 Å². The molecule has 0 aromatic heterocycles. The number of amides is 3. The molecule has 20 heavy (non-hydrogen) atoms. The molecule has 7 heteroatoms. The minimum atomic E-state index is -0.727. The van der Waals surface area contributed by atoms with Crippen LogP contribution in [0, 0.1) is 6.92 Å². The zero-order valence-corrected chi connectivity index (χ0v) is 11.7. The van der Waals surface area contributed by atoms with Crippen LogP contribution in [0.25, 0.3) is 0 Å². The molecule has 0 aliphatic carbocycles. The molecule has 0 unspecified atom stereocenters. The largest absolute Gasteiger partial charge is 0.368 e. The number of carbonyl (C=O) groups excluding carboxylic acids is 3. The molecule has 0 radical (unpaired) electrons. The molecule has 6 nitrogen and oxygen atoms in total. The quantitative estimate of drug-likeness (QED) is 0.815. The Morgan fingerprint density at radius 1 is 1.30 bits per heavy atom. The number of primary amides is 1. The van der Waals surface area contributed by atoms with Crippen LogP contribution >= 0.6 is 11.6 Å². The molecule has 106 valence electrons. The number of anilines is 1. The predicted octanol–water partition coefficient (Wildman–Crippen LogP) is 0.309. The van der Waals surface area contributed by atoms with Gasteiger partial charge in [0.1, 0.15) is 0 Å². The number of piperazine rings is 1. The number of nitrogens with two attached hydrogens (primary N) is 1. The lowest BCUT2D eigenvalue weighted by Crippen LogP contribution is -2.56. The first kappa shape index (κ1) is 14.3. The van der Waals surface area contributed by atoms with E-state index >= 15 is 0 Å². The number of carbonyl (C=O) groups is 3. The average Bonchev–Trinajstić information content (AvgIpc) is 2.39. The lowest BCUT2D eigenvalue weighted by molar-refractivity contribution is -0.147. The second-order valence-corrected chi connectivity index (χ2v) is 4.94. The van der Waals surface area contributed by atoms with Gasteiger partial charge in [-0.3, -0.25) is 14.4 Å². The number of benzene rings is 1. The van der Waals surface area contributed by atoms with E-state index in [-0.39, 0.29) is 13.1 Å². The number of hydrogen-bond acceptors (Lipinski definition) is 3. The Labute approximate surface area is 121 Å². The lowest BCUT2D eigenvalue weighted by atomic mass is 10.1. The van der Waals surface area contributed by atoms with E-state index in [2.05, 4.69) is 0 Å². The molecule has 3 amide bonds. The molecule has 1 aromatic carbocycles.